The fourth-order valence-electron chi connectivity index (χ4n) is 8.26. The standard InChI is InChI=1S/C36H67NO/c1-37(36(38)31-32-23-15-10-6-2-3-7-11-16-24-32)35-29-20-14-19-27-34(28-21-22-30-35)33-25-17-12-8-4-5-9-13-18-26-33/h32-35H,2-31H2,1H3. The van der Waals surface area contributed by atoms with Crippen molar-refractivity contribution in [3.05, 3.63) is 0 Å². The van der Waals surface area contributed by atoms with Crippen molar-refractivity contribution in [1.82, 2.24) is 4.90 Å². The molecule has 3 rings (SSSR count). The van der Waals surface area contributed by atoms with E-state index in [0.717, 1.165) is 18.3 Å². The fourth-order valence-corrected chi connectivity index (χ4v) is 8.26. The van der Waals surface area contributed by atoms with Gasteiger partial charge in [-0.2, -0.15) is 0 Å². The molecule has 0 saturated heterocycles. The Bertz CT molecular complexity index is 564. The van der Waals surface area contributed by atoms with Crippen molar-refractivity contribution in [2.75, 3.05) is 7.05 Å². The minimum absolute atomic E-state index is 0.458. The van der Waals surface area contributed by atoms with Gasteiger partial charge in [-0.25, -0.2) is 0 Å². The van der Waals surface area contributed by atoms with Crippen LogP contribution in [0.1, 0.15) is 193 Å². The van der Waals surface area contributed by atoms with Gasteiger partial charge in [-0.3, -0.25) is 4.79 Å². The van der Waals surface area contributed by atoms with Crippen LogP contribution in [-0.4, -0.2) is 23.9 Å². The van der Waals surface area contributed by atoms with Gasteiger partial charge in [0.25, 0.3) is 0 Å². The van der Waals surface area contributed by atoms with E-state index in [1.165, 1.54) is 186 Å². The van der Waals surface area contributed by atoms with Crippen LogP contribution in [0.4, 0.5) is 0 Å². The maximum absolute atomic E-state index is 13.5. The highest BCUT2D eigenvalue weighted by Gasteiger charge is 2.25. The predicted molar refractivity (Wildman–Crippen MR) is 166 cm³/mol. The summed E-state index contributed by atoms with van der Waals surface area (Å²) in [5.41, 5.74) is 0. The zero-order valence-electron chi connectivity index (χ0n) is 25.9. The van der Waals surface area contributed by atoms with E-state index in [-0.39, 0.29) is 0 Å². The molecule has 3 saturated carbocycles. The summed E-state index contributed by atoms with van der Waals surface area (Å²) in [5.74, 6) is 3.06. The van der Waals surface area contributed by atoms with Crippen LogP contribution in [0.15, 0.2) is 0 Å². The lowest BCUT2D eigenvalue weighted by Gasteiger charge is -2.30. The van der Waals surface area contributed by atoms with Gasteiger partial charge in [-0.15, -0.1) is 0 Å². The van der Waals surface area contributed by atoms with Gasteiger partial charge in [0, 0.05) is 19.5 Å². The second kappa shape index (κ2) is 20.4. The number of carbonyl (C=O) groups is 1. The quantitative estimate of drug-likeness (QED) is 0.354. The molecule has 0 aromatic carbocycles. The average Bonchev–Trinajstić information content (AvgIpc) is 3.06. The Kier molecular flexibility index (Phi) is 17.1. The second-order valence-corrected chi connectivity index (χ2v) is 14.0. The molecule has 0 aromatic rings. The van der Waals surface area contributed by atoms with Crippen LogP contribution in [0, 0.1) is 17.8 Å². The molecule has 1 amide bonds. The molecule has 0 radical (unpaired) electrons. The van der Waals surface area contributed by atoms with Gasteiger partial charge in [0.2, 0.25) is 5.91 Å². The molecule has 0 heterocycles. The molecule has 222 valence electrons. The second-order valence-electron chi connectivity index (χ2n) is 14.0. The molecule has 0 aromatic heterocycles. The van der Waals surface area contributed by atoms with Crippen LogP contribution < -0.4 is 0 Å². The molecule has 3 aliphatic carbocycles. The van der Waals surface area contributed by atoms with Crippen molar-refractivity contribution in [3.8, 4) is 0 Å². The molecule has 38 heavy (non-hydrogen) atoms. The van der Waals surface area contributed by atoms with E-state index in [9.17, 15) is 4.79 Å². The molecule has 0 bridgehead atoms. The Morgan fingerprint density at radius 1 is 0.447 bits per heavy atom. The topological polar surface area (TPSA) is 20.3 Å². The zero-order chi connectivity index (χ0) is 26.7. The molecule has 2 heteroatoms. The highest BCUT2D eigenvalue weighted by atomic mass is 16.2. The van der Waals surface area contributed by atoms with Gasteiger partial charge in [-0.1, -0.05) is 161 Å². The Hall–Kier alpha value is -0.530. The smallest absolute Gasteiger partial charge is 0.222 e. The minimum atomic E-state index is 0.458. The van der Waals surface area contributed by atoms with Crippen molar-refractivity contribution in [3.63, 3.8) is 0 Å². The zero-order valence-corrected chi connectivity index (χ0v) is 25.9. The maximum Gasteiger partial charge on any atom is 0.222 e. The molecule has 3 fully saturated rings. The molecular formula is C36H67NO. The van der Waals surface area contributed by atoms with Gasteiger partial charge < -0.3 is 4.90 Å². The summed E-state index contributed by atoms with van der Waals surface area (Å²) in [4.78, 5) is 15.7. The lowest BCUT2D eigenvalue weighted by Crippen LogP contribution is -2.38. The highest BCUT2D eigenvalue weighted by molar-refractivity contribution is 5.76. The van der Waals surface area contributed by atoms with Crippen LogP contribution in [-0.2, 0) is 4.79 Å². The normalized spacial score (nSPS) is 28.2. The molecule has 2 nitrogen and oxygen atoms in total. The van der Waals surface area contributed by atoms with Crippen LogP contribution in [0.2, 0.25) is 0 Å². The lowest BCUT2D eigenvalue weighted by molar-refractivity contribution is -0.133. The first-order chi connectivity index (χ1) is 18.7. The first-order valence-electron chi connectivity index (χ1n) is 18.0. The third-order valence-corrected chi connectivity index (χ3v) is 10.9. The van der Waals surface area contributed by atoms with Crippen molar-refractivity contribution in [1.29, 1.82) is 0 Å². The molecule has 0 aliphatic heterocycles. The summed E-state index contributed by atoms with van der Waals surface area (Å²) in [5, 5.41) is 0. The molecule has 0 spiro atoms. The van der Waals surface area contributed by atoms with Crippen molar-refractivity contribution in [2.45, 2.75) is 199 Å². The number of hydrogen-bond donors (Lipinski definition) is 0. The summed E-state index contributed by atoms with van der Waals surface area (Å²) >= 11 is 0. The number of carbonyl (C=O) groups excluding carboxylic acids is 1. The molecule has 2 unspecified atom stereocenters. The van der Waals surface area contributed by atoms with Gasteiger partial charge in [0.05, 0.1) is 0 Å². The molecule has 2 atom stereocenters. The van der Waals surface area contributed by atoms with Crippen molar-refractivity contribution in [2.24, 2.45) is 17.8 Å². The summed E-state index contributed by atoms with van der Waals surface area (Å²) in [6.45, 7) is 0. The van der Waals surface area contributed by atoms with Crippen LogP contribution in [0.25, 0.3) is 0 Å². The van der Waals surface area contributed by atoms with E-state index in [0.29, 0.717) is 17.9 Å². The summed E-state index contributed by atoms with van der Waals surface area (Å²) < 4.78 is 0. The van der Waals surface area contributed by atoms with E-state index >= 15 is 0 Å². The number of amides is 1. The third-order valence-electron chi connectivity index (χ3n) is 10.9. The Balaban J connectivity index is 1.47. The molecule has 0 N–H and O–H groups in total. The van der Waals surface area contributed by atoms with E-state index < -0.39 is 0 Å². The first kappa shape index (κ1) is 32.0. The van der Waals surface area contributed by atoms with Gasteiger partial charge >= 0.3 is 0 Å². The number of nitrogens with zero attached hydrogens (tertiary/aromatic N) is 1. The van der Waals surface area contributed by atoms with E-state index in [1.54, 1.807) is 0 Å². The monoisotopic (exact) mass is 530 g/mol. The predicted octanol–water partition coefficient (Wildman–Crippen LogP) is 11.4. The molecular weight excluding hydrogens is 462 g/mol. The Labute approximate surface area is 238 Å². The van der Waals surface area contributed by atoms with Crippen molar-refractivity contribution >= 4 is 5.91 Å². The lowest BCUT2D eigenvalue weighted by atomic mass is 9.78. The van der Waals surface area contributed by atoms with Crippen molar-refractivity contribution < 1.29 is 4.79 Å². The third kappa shape index (κ3) is 13.2. The van der Waals surface area contributed by atoms with Gasteiger partial charge in [-0.05, 0) is 43.4 Å². The largest absolute Gasteiger partial charge is 0.343 e. The van der Waals surface area contributed by atoms with Gasteiger partial charge in [0.1, 0.15) is 0 Å². The fraction of sp³-hybridized carbons (Fsp3) is 0.972. The van der Waals surface area contributed by atoms with E-state index in [1.807, 2.05) is 0 Å². The van der Waals surface area contributed by atoms with E-state index in [4.69, 9.17) is 0 Å². The first-order valence-corrected chi connectivity index (χ1v) is 18.0. The summed E-state index contributed by atoms with van der Waals surface area (Å²) in [6, 6.07) is 0.485. The van der Waals surface area contributed by atoms with Crippen LogP contribution in [0.5, 0.6) is 0 Å². The van der Waals surface area contributed by atoms with Crippen LogP contribution in [0.3, 0.4) is 0 Å². The SMILES string of the molecule is CN(C(=O)CC1CCCCCCCCCC1)C1CCCCCC(C2CCCCCCCCCC2)CCCC1. The number of rotatable bonds is 4. The van der Waals surface area contributed by atoms with E-state index in [2.05, 4.69) is 11.9 Å². The average molecular weight is 530 g/mol. The minimum Gasteiger partial charge on any atom is -0.343 e. The molecule has 3 aliphatic rings. The maximum atomic E-state index is 13.5. The Morgan fingerprint density at radius 3 is 1.18 bits per heavy atom. The highest BCUT2D eigenvalue weighted by Crippen LogP contribution is 2.35. The summed E-state index contributed by atoms with van der Waals surface area (Å²) in [7, 11) is 2.16. The van der Waals surface area contributed by atoms with Crippen LogP contribution >= 0.6 is 0 Å². The summed E-state index contributed by atoms with van der Waals surface area (Å²) in [6.07, 6.45) is 41.6. The number of hydrogen-bond acceptors (Lipinski definition) is 1. The Morgan fingerprint density at radius 2 is 0.737 bits per heavy atom. The van der Waals surface area contributed by atoms with Gasteiger partial charge in [0.15, 0.2) is 0 Å².